The summed E-state index contributed by atoms with van der Waals surface area (Å²) in [6.45, 7) is 3.88. The zero-order valence-electron chi connectivity index (χ0n) is 40.1. The van der Waals surface area contributed by atoms with E-state index in [0.29, 0.717) is 13.0 Å². The monoisotopic (exact) mass is 929 g/mol. The number of ether oxygens (including phenoxy) is 4. The largest absolute Gasteiger partial charge is 0.457 e. The first-order valence-corrected chi connectivity index (χ1v) is 26.8. The molecule has 0 radical (unpaired) electrons. The van der Waals surface area contributed by atoms with Crippen molar-refractivity contribution in [3.05, 3.63) is 48.6 Å². The maximum Gasteiger partial charge on any atom is 0.397 e. The van der Waals surface area contributed by atoms with Crippen molar-refractivity contribution in [3.8, 4) is 0 Å². The van der Waals surface area contributed by atoms with Crippen LogP contribution in [0, 0.1) is 0 Å². The van der Waals surface area contributed by atoms with Gasteiger partial charge >= 0.3 is 16.4 Å². The highest BCUT2D eigenvalue weighted by Gasteiger charge is 2.48. The lowest BCUT2D eigenvalue weighted by atomic mass is 9.99. The summed E-state index contributed by atoms with van der Waals surface area (Å²) in [4.78, 5) is 12.8. The molecule has 0 aromatic heterocycles. The highest BCUT2D eigenvalue weighted by Crippen LogP contribution is 2.26. The van der Waals surface area contributed by atoms with E-state index in [4.69, 9.17) is 18.9 Å². The van der Waals surface area contributed by atoms with Gasteiger partial charge in [0.2, 0.25) is 0 Å². The van der Waals surface area contributed by atoms with Crippen LogP contribution in [0.3, 0.4) is 0 Å². The topological polar surface area (TPSA) is 178 Å². The first-order chi connectivity index (χ1) is 31.1. The Morgan fingerprint density at radius 1 is 0.609 bits per heavy atom. The van der Waals surface area contributed by atoms with Gasteiger partial charge in [0, 0.05) is 13.0 Å². The lowest BCUT2D eigenvalue weighted by molar-refractivity contribution is -0.301. The van der Waals surface area contributed by atoms with Crippen molar-refractivity contribution >= 4 is 16.4 Å². The Kier molecular flexibility index (Phi) is 39.8. The van der Waals surface area contributed by atoms with E-state index in [1.54, 1.807) is 0 Å². The van der Waals surface area contributed by atoms with Crippen molar-refractivity contribution < 1.29 is 56.2 Å². The van der Waals surface area contributed by atoms with Crippen molar-refractivity contribution in [1.29, 1.82) is 0 Å². The molecule has 6 atom stereocenters. The van der Waals surface area contributed by atoms with E-state index in [1.165, 1.54) is 116 Å². The maximum atomic E-state index is 12.8. The Morgan fingerprint density at radius 2 is 1.08 bits per heavy atom. The number of esters is 1. The van der Waals surface area contributed by atoms with Crippen LogP contribution in [0.1, 0.15) is 206 Å². The van der Waals surface area contributed by atoms with Gasteiger partial charge in [-0.25, -0.2) is 4.18 Å². The molecule has 374 valence electrons. The summed E-state index contributed by atoms with van der Waals surface area (Å²) in [6.07, 6.45) is 43.0. The molecular formula is C51H92O12S. The van der Waals surface area contributed by atoms with E-state index in [9.17, 15) is 33.1 Å². The molecular weight excluding hydrogens is 837 g/mol. The molecule has 1 heterocycles. The fourth-order valence-electron chi connectivity index (χ4n) is 7.66. The minimum absolute atomic E-state index is 0.0368. The molecule has 1 saturated heterocycles. The minimum atomic E-state index is -5.06. The summed E-state index contributed by atoms with van der Waals surface area (Å²) < 4.78 is 59.1. The molecule has 0 bridgehead atoms. The number of allylic oxidation sites excluding steroid dienone is 8. The molecule has 0 aromatic rings. The SMILES string of the molecule is CC/C=C\C/C=C\C/C=C\C/C=C\CCCCCCCCCCCCCCCOCC(COC1OC(CO)C(O)C(OS(=O)(=O)O)C1O)OC(=O)CCCCCCCCCCCCC. The Bertz CT molecular complexity index is 1300. The van der Waals surface area contributed by atoms with Gasteiger partial charge in [0.25, 0.3) is 0 Å². The van der Waals surface area contributed by atoms with Gasteiger partial charge in [0.1, 0.15) is 30.5 Å². The fraction of sp³-hybridized carbons (Fsp3) is 0.824. The van der Waals surface area contributed by atoms with Gasteiger partial charge in [-0.05, 0) is 51.4 Å². The van der Waals surface area contributed by atoms with Crippen LogP contribution < -0.4 is 0 Å². The number of carbonyl (C=O) groups excluding carboxylic acids is 1. The predicted molar refractivity (Wildman–Crippen MR) is 257 cm³/mol. The molecule has 1 fully saturated rings. The van der Waals surface area contributed by atoms with Crippen LogP contribution in [-0.4, -0.2) is 97.5 Å². The van der Waals surface area contributed by atoms with Crippen LogP contribution in [0.5, 0.6) is 0 Å². The van der Waals surface area contributed by atoms with Gasteiger partial charge in [-0.15, -0.1) is 0 Å². The Labute approximate surface area is 389 Å². The third-order valence-electron chi connectivity index (χ3n) is 11.5. The summed E-state index contributed by atoms with van der Waals surface area (Å²) >= 11 is 0. The number of aliphatic hydroxyl groups is 3. The quantitative estimate of drug-likeness (QED) is 0.0197. The van der Waals surface area contributed by atoms with E-state index in [2.05, 4.69) is 66.6 Å². The standard InChI is InChI=1S/C51H92O12S/c1-3-5-7-9-11-13-15-16-17-18-19-20-21-22-23-24-25-26-27-28-29-31-33-35-37-39-41-59-43-45(61-47(53)40-38-36-34-32-30-14-12-10-8-6-4-2)44-60-51-49(55)50(63-64(56,57)58)48(54)46(42-52)62-51/h5,7,11,13,16-17,19-20,45-46,48-52,54-55H,3-4,6,8-10,12,14-15,18,21-44H2,1-2H3,(H,56,57,58)/b7-5-,13-11-,17-16-,20-19-. The van der Waals surface area contributed by atoms with Crippen LogP contribution in [0.15, 0.2) is 48.6 Å². The van der Waals surface area contributed by atoms with Crippen LogP contribution >= 0.6 is 0 Å². The first kappa shape index (κ1) is 60.1. The molecule has 0 aliphatic carbocycles. The number of rotatable bonds is 44. The molecule has 0 saturated carbocycles. The van der Waals surface area contributed by atoms with Crippen LogP contribution in [0.4, 0.5) is 0 Å². The van der Waals surface area contributed by atoms with Gasteiger partial charge in [0.15, 0.2) is 6.29 Å². The summed E-state index contributed by atoms with van der Waals surface area (Å²) in [5, 5.41) is 30.7. The van der Waals surface area contributed by atoms with Crippen molar-refractivity contribution in [1.82, 2.24) is 0 Å². The molecule has 1 aliphatic rings. The van der Waals surface area contributed by atoms with Gasteiger partial charge < -0.3 is 34.3 Å². The number of carbonyl (C=O) groups is 1. The van der Waals surface area contributed by atoms with E-state index in [-0.39, 0.29) is 19.6 Å². The minimum Gasteiger partial charge on any atom is -0.457 e. The van der Waals surface area contributed by atoms with Crippen LogP contribution in [-0.2, 0) is 38.3 Å². The average Bonchev–Trinajstić information content (AvgIpc) is 3.27. The average molecular weight is 929 g/mol. The van der Waals surface area contributed by atoms with E-state index < -0.39 is 59.8 Å². The normalized spacial score (nSPS) is 20.1. The summed E-state index contributed by atoms with van der Waals surface area (Å²) in [5.41, 5.74) is 0. The number of unbranched alkanes of at least 4 members (excludes halogenated alkanes) is 23. The second kappa shape index (κ2) is 42.4. The molecule has 1 aliphatic heterocycles. The molecule has 64 heavy (non-hydrogen) atoms. The number of hydrogen-bond donors (Lipinski definition) is 4. The van der Waals surface area contributed by atoms with Crippen molar-refractivity contribution in [2.45, 2.75) is 243 Å². The lowest BCUT2D eigenvalue weighted by Gasteiger charge is -2.41. The summed E-state index contributed by atoms with van der Waals surface area (Å²) in [5.74, 6) is -0.400. The maximum absolute atomic E-state index is 12.8. The predicted octanol–water partition coefficient (Wildman–Crippen LogP) is 11.5. The molecule has 6 unspecified atom stereocenters. The number of hydrogen-bond acceptors (Lipinski definition) is 11. The summed E-state index contributed by atoms with van der Waals surface area (Å²) in [7, 11) is -5.06. The van der Waals surface area contributed by atoms with Crippen molar-refractivity contribution in [2.24, 2.45) is 0 Å². The van der Waals surface area contributed by atoms with Gasteiger partial charge in [-0.3, -0.25) is 9.35 Å². The zero-order chi connectivity index (χ0) is 46.8. The van der Waals surface area contributed by atoms with Gasteiger partial charge in [-0.2, -0.15) is 8.42 Å². The Balaban J connectivity index is 2.28. The van der Waals surface area contributed by atoms with Crippen LogP contribution in [0.25, 0.3) is 0 Å². The van der Waals surface area contributed by atoms with E-state index >= 15 is 0 Å². The van der Waals surface area contributed by atoms with Gasteiger partial charge in [-0.1, -0.05) is 197 Å². The second-order valence-corrected chi connectivity index (χ2v) is 18.4. The molecule has 12 nitrogen and oxygen atoms in total. The third-order valence-corrected chi connectivity index (χ3v) is 11.9. The Morgan fingerprint density at radius 3 is 1.58 bits per heavy atom. The molecule has 0 amide bonds. The Hall–Kier alpha value is -1.94. The smallest absolute Gasteiger partial charge is 0.397 e. The first-order valence-electron chi connectivity index (χ1n) is 25.4. The number of aliphatic hydroxyl groups excluding tert-OH is 3. The molecule has 4 N–H and O–H groups in total. The molecule has 1 rings (SSSR count). The second-order valence-electron chi connectivity index (χ2n) is 17.4. The van der Waals surface area contributed by atoms with E-state index in [1.807, 2.05) is 0 Å². The molecule has 0 spiro atoms. The zero-order valence-corrected chi connectivity index (χ0v) is 40.9. The van der Waals surface area contributed by atoms with Crippen molar-refractivity contribution in [2.75, 3.05) is 26.4 Å². The molecule has 0 aromatic carbocycles. The lowest BCUT2D eigenvalue weighted by Crippen LogP contribution is -2.60. The van der Waals surface area contributed by atoms with Gasteiger partial charge in [0.05, 0.1) is 19.8 Å². The fourth-order valence-corrected chi connectivity index (χ4v) is 8.17. The summed E-state index contributed by atoms with van der Waals surface area (Å²) in [6, 6.07) is 0. The van der Waals surface area contributed by atoms with Crippen molar-refractivity contribution in [3.63, 3.8) is 0 Å². The highest BCUT2D eigenvalue weighted by molar-refractivity contribution is 7.80. The van der Waals surface area contributed by atoms with Crippen LogP contribution in [0.2, 0.25) is 0 Å². The highest BCUT2D eigenvalue weighted by atomic mass is 32.3. The molecule has 13 heteroatoms. The third kappa shape index (κ3) is 35.3. The van der Waals surface area contributed by atoms with E-state index in [0.717, 1.165) is 64.2 Å².